The third-order valence-corrected chi connectivity index (χ3v) is 3.18. The minimum absolute atomic E-state index is 0.422. The van der Waals surface area contributed by atoms with Gasteiger partial charge in [-0.1, -0.05) is 6.92 Å². The van der Waals surface area contributed by atoms with E-state index in [-0.39, 0.29) is 0 Å². The van der Waals surface area contributed by atoms with Crippen LogP contribution in [0.25, 0.3) is 0 Å². The fraction of sp³-hybridized carbons (Fsp3) is 0.818. The molecule has 1 fully saturated rings. The van der Waals surface area contributed by atoms with Crippen molar-refractivity contribution in [3.05, 3.63) is 12.2 Å². The zero-order valence-electron chi connectivity index (χ0n) is 10.0. The molecule has 1 aliphatic heterocycles. The highest BCUT2D eigenvalue weighted by atomic mass is 16.5. The maximum absolute atomic E-state index is 5.64. The van der Waals surface area contributed by atoms with E-state index in [0.29, 0.717) is 12.1 Å². The fourth-order valence-corrected chi connectivity index (χ4v) is 2.05. The van der Waals surface area contributed by atoms with Crippen molar-refractivity contribution in [1.29, 1.82) is 0 Å². The van der Waals surface area contributed by atoms with Gasteiger partial charge in [0.05, 0.1) is 12.6 Å². The number of aryl methyl sites for hydroxylation is 1. The van der Waals surface area contributed by atoms with Crippen LogP contribution in [0.4, 0.5) is 0 Å². The van der Waals surface area contributed by atoms with Crippen LogP contribution in [0.3, 0.4) is 0 Å². The summed E-state index contributed by atoms with van der Waals surface area (Å²) in [5, 5.41) is 11.4. The van der Waals surface area contributed by atoms with Gasteiger partial charge < -0.3 is 14.6 Å². The summed E-state index contributed by atoms with van der Waals surface area (Å²) < 4.78 is 7.59. The highest BCUT2D eigenvalue weighted by Crippen LogP contribution is 2.16. The first-order valence-corrected chi connectivity index (χ1v) is 5.97. The van der Waals surface area contributed by atoms with Crippen LogP contribution in [0.5, 0.6) is 0 Å². The molecule has 5 nitrogen and oxygen atoms in total. The van der Waals surface area contributed by atoms with Gasteiger partial charge in [-0.3, -0.25) is 0 Å². The quantitative estimate of drug-likeness (QED) is 0.824. The second kappa shape index (κ2) is 5.41. The summed E-state index contributed by atoms with van der Waals surface area (Å²) in [6.45, 7) is 3.84. The Kier molecular flexibility index (Phi) is 3.90. The number of nitrogens with one attached hydrogen (secondary N) is 1. The molecule has 0 aromatic carbocycles. The van der Waals surface area contributed by atoms with Crippen LogP contribution in [-0.2, 0) is 18.3 Å². The summed E-state index contributed by atoms with van der Waals surface area (Å²) in [5.74, 6) is 0.986. The van der Waals surface area contributed by atoms with Crippen molar-refractivity contribution in [1.82, 2.24) is 20.1 Å². The highest BCUT2D eigenvalue weighted by molar-refractivity contribution is 4.85. The third kappa shape index (κ3) is 2.80. The molecule has 1 aromatic rings. The molecule has 1 N–H and O–H groups in total. The molecule has 0 saturated carbocycles. The third-order valence-electron chi connectivity index (χ3n) is 3.18. The Bertz CT molecular complexity index is 326. The first-order chi connectivity index (χ1) is 7.79. The van der Waals surface area contributed by atoms with E-state index < -0.39 is 0 Å². The summed E-state index contributed by atoms with van der Waals surface area (Å²) >= 11 is 0. The van der Waals surface area contributed by atoms with Gasteiger partial charge >= 0.3 is 0 Å². The normalized spacial score (nSPS) is 25.9. The van der Waals surface area contributed by atoms with Gasteiger partial charge in [0.25, 0.3) is 0 Å². The van der Waals surface area contributed by atoms with E-state index in [2.05, 4.69) is 22.4 Å². The first kappa shape index (κ1) is 11.5. The minimum Gasteiger partial charge on any atom is -0.378 e. The number of aromatic nitrogens is 3. The fourth-order valence-electron chi connectivity index (χ4n) is 2.05. The van der Waals surface area contributed by atoms with Crippen LogP contribution in [0.2, 0.25) is 0 Å². The lowest BCUT2D eigenvalue weighted by molar-refractivity contribution is -0.000456. The van der Waals surface area contributed by atoms with Crippen molar-refractivity contribution in [3.8, 4) is 0 Å². The maximum atomic E-state index is 5.64. The number of hydrogen-bond donors (Lipinski definition) is 1. The average molecular weight is 224 g/mol. The number of ether oxygens (including phenoxy) is 1. The smallest absolute Gasteiger partial charge is 0.146 e. The number of rotatable bonds is 4. The van der Waals surface area contributed by atoms with Crippen molar-refractivity contribution in [3.63, 3.8) is 0 Å². The average Bonchev–Trinajstić information content (AvgIpc) is 2.72. The van der Waals surface area contributed by atoms with Crippen molar-refractivity contribution < 1.29 is 4.74 Å². The molecular weight excluding hydrogens is 204 g/mol. The van der Waals surface area contributed by atoms with Crippen LogP contribution in [0.1, 0.15) is 32.0 Å². The predicted octanol–water partition coefficient (Wildman–Crippen LogP) is 0.862. The lowest BCUT2D eigenvalue weighted by Crippen LogP contribution is -2.38. The van der Waals surface area contributed by atoms with Crippen LogP contribution in [-0.4, -0.2) is 33.5 Å². The number of hydrogen-bond acceptors (Lipinski definition) is 4. The summed E-state index contributed by atoms with van der Waals surface area (Å²) in [7, 11) is 1.97. The van der Waals surface area contributed by atoms with E-state index in [1.165, 1.54) is 0 Å². The lowest BCUT2D eigenvalue weighted by Gasteiger charge is -2.29. The van der Waals surface area contributed by atoms with Crippen molar-refractivity contribution in [2.75, 3.05) is 6.61 Å². The van der Waals surface area contributed by atoms with E-state index in [0.717, 1.165) is 38.2 Å². The van der Waals surface area contributed by atoms with E-state index in [1.54, 1.807) is 6.33 Å². The van der Waals surface area contributed by atoms with Gasteiger partial charge in [-0.25, -0.2) is 0 Å². The van der Waals surface area contributed by atoms with Crippen LogP contribution >= 0.6 is 0 Å². The maximum Gasteiger partial charge on any atom is 0.146 e. The molecular formula is C11H20N4O. The Labute approximate surface area is 96.2 Å². The van der Waals surface area contributed by atoms with Crippen LogP contribution < -0.4 is 5.32 Å². The summed E-state index contributed by atoms with van der Waals surface area (Å²) in [6.07, 6.45) is 5.45. The Morgan fingerprint density at radius 1 is 1.62 bits per heavy atom. The molecule has 1 aliphatic rings. The van der Waals surface area contributed by atoms with Gasteiger partial charge in [-0.2, -0.15) is 0 Å². The van der Waals surface area contributed by atoms with Crippen molar-refractivity contribution in [2.45, 2.75) is 44.9 Å². The summed E-state index contributed by atoms with van der Waals surface area (Å²) in [6, 6.07) is 0.551. The number of nitrogens with zero attached hydrogens (tertiary/aromatic N) is 3. The molecule has 0 aliphatic carbocycles. The zero-order valence-corrected chi connectivity index (χ0v) is 10.0. The zero-order chi connectivity index (χ0) is 11.4. The minimum atomic E-state index is 0.422. The van der Waals surface area contributed by atoms with Gasteiger partial charge in [0.1, 0.15) is 12.2 Å². The molecule has 0 spiro atoms. The van der Waals surface area contributed by atoms with Gasteiger partial charge in [0.2, 0.25) is 0 Å². The molecule has 2 rings (SSSR count). The van der Waals surface area contributed by atoms with E-state index in [1.807, 2.05) is 11.6 Å². The summed E-state index contributed by atoms with van der Waals surface area (Å²) in [5.41, 5.74) is 0. The molecule has 2 atom stereocenters. The van der Waals surface area contributed by atoms with Crippen molar-refractivity contribution in [2.24, 2.45) is 7.05 Å². The SMILES string of the molecule is CCC1CC(NCc2nncn2C)CCO1. The summed E-state index contributed by atoms with van der Waals surface area (Å²) in [4.78, 5) is 0. The molecule has 0 bridgehead atoms. The monoisotopic (exact) mass is 224 g/mol. The largest absolute Gasteiger partial charge is 0.378 e. The first-order valence-electron chi connectivity index (χ1n) is 5.97. The Balaban J connectivity index is 1.79. The molecule has 0 radical (unpaired) electrons. The van der Waals surface area contributed by atoms with Crippen LogP contribution in [0, 0.1) is 0 Å². The predicted molar refractivity (Wildman–Crippen MR) is 60.9 cm³/mol. The van der Waals surface area contributed by atoms with Crippen molar-refractivity contribution >= 4 is 0 Å². The van der Waals surface area contributed by atoms with E-state index in [4.69, 9.17) is 4.74 Å². The highest BCUT2D eigenvalue weighted by Gasteiger charge is 2.20. The standard InChI is InChI=1S/C11H20N4O/c1-3-10-6-9(4-5-16-10)12-7-11-14-13-8-15(11)2/h8-10,12H,3-7H2,1-2H3. The molecule has 90 valence electrons. The molecule has 1 aromatic heterocycles. The Morgan fingerprint density at radius 3 is 3.19 bits per heavy atom. The van der Waals surface area contributed by atoms with E-state index in [9.17, 15) is 0 Å². The molecule has 1 saturated heterocycles. The Morgan fingerprint density at radius 2 is 2.50 bits per heavy atom. The molecule has 2 heterocycles. The van der Waals surface area contributed by atoms with Gasteiger partial charge in [-0.05, 0) is 19.3 Å². The Hall–Kier alpha value is -0.940. The van der Waals surface area contributed by atoms with Gasteiger partial charge in [0, 0.05) is 19.7 Å². The topological polar surface area (TPSA) is 52.0 Å². The lowest BCUT2D eigenvalue weighted by atomic mass is 10.0. The van der Waals surface area contributed by atoms with Gasteiger partial charge in [-0.15, -0.1) is 10.2 Å². The second-order valence-corrected chi connectivity index (χ2v) is 4.36. The van der Waals surface area contributed by atoms with Gasteiger partial charge in [0.15, 0.2) is 0 Å². The molecule has 5 heteroatoms. The van der Waals surface area contributed by atoms with Crippen LogP contribution in [0.15, 0.2) is 6.33 Å². The molecule has 16 heavy (non-hydrogen) atoms. The molecule has 0 amide bonds. The van der Waals surface area contributed by atoms with E-state index >= 15 is 0 Å². The molecule has 2 unspecified atom stereocenters. The second-order valence-electron chi connectivity index (χ2n) is 4.36.